The van der Waals surface area contributed by atoms with Crippen molar-refractivity contribution in [2.45, 2.75) is 12.5 Å². The van der Waals surface area contributed by atoms with Crippen molar-refractivity contribution in [1.82, 2.24) is 0 Å². The second kappa shape index (κ2) is 6.13. The van der Waals surface area contributed by atoms with Crippen LogP contribution in [-0.4, -0.2) is 18.0 Å². The van der Waals surface area contributed by atoms with Crippen molar-refractivity contribution in [1.29, 1.82) is 0 Å². The average molecular weight is 334 g/mol. The molecular weight excluding hydrogens is 321 g/mol. The number of halogens is 3. The number of hydrogen-bond donors (Lipinski definition) is 1. The molecule has 2 aromatic carbocycles. The summed E-state index contributed by atoms with van der Waals surface area (Å²) in [4.78, 5) is 12.4. The normalized spacial score (nSPS) is 14.9. The number of aliphatic hydroxyl groups excluding tert-OH is 1. The summed E-state index contributed by atoms with van der Waals surface area (Å²) in [6, 6.07) is 8.18. The molecule has 124 valence electrons. The minimum atomic E-state index is -1.57. The van der Waals surface area contributed by atoms with Crippen LogP contribution in [0.4, 0.5) is 13.2 Å². The Kier molecular flexibility index (Phi) is 4.15. The van der Waals surface area contributed by atoms with Gasteiger partial charge in [-0.3, -0.25) is 4.79 Å². The minimum Gasteiger partial charge on any atom is -0.507 e. The first-order valence-electron chi connectivity index (χ1n) is 7.17. The van der Waals surface area contributed by atoms with Gasteiger partial charge in [-0.1, -0.05) is 24.3 Å². The number of hydrogen-bond acceptors (Lipinski definition) is 3. The van der Waals surface area contributed by atoms with Crippen molar-refractivity contribution in [2.75, 3.05) is 7.11 Å². The molecule has 0 fully saturated rings. The summed E-state index contributed by atoms with van der Waals surface area (Å²) in [7, 11) is 1.30. The van der Waals surface area contributed by atoms with Crippen LogP contribution in [0.25, 0.3) is 5.76 Å². The van der Waals surface area contributed by atoms with E-state index in [1.165, 1.54) is 7.11 Å². The highest BCUT2D eigenvalue weighted by atomic mass is 19.2. The van der Waals surface area contributed by atoms with Gasteiger partial charge in [0, 0.05) is 30.2 Å². The van der Waals surface area contributed by atoms with E-state index < -0.39 is 23.6 Å². The van der Waals surface area contributed by atoms with E-state index >= 15 is 0 Å². The largest absolute Gasteiger partial charge is 0.507 e. The van der Waals surface area contributed by atoms with E-state index in [4.69, 9.17) is 4.74 Å². The predicted octanol–water partition coefficient (Wildman–Crippen LogP) is 4.35. The highest BCUT2D eigenvalue weighted by Gasteiger charge is 2.31. The lowest BCUT2D eigenvalue weighted by atomic mass is 9.98. The molecule has 0 saturated heterocycles. The van der Waals surface area contributed by atoms with E-state index in [1.807, 2.05) is 0 Å². The Labute approximate surface area is 136 Å². The maximum atomic E-state index is 13.4. The third kappa shape index (κ3) is 2.59. The topological polar surface area (TPSA) is 46.5 Å². The van der Waals surface area contributed by atoms with Crippen LogP contribution in [0.5, 0.6) is 0 Å². The molecule has 24 heavy (non-hydrogen) atoms. The molecule has 0 saturated carbocycles. The van der Waals surface area contributed by atoms with Gasteiger partial charge < -0.3 is 9.84 Å². The van der Waals surface area contributed by atoms with Gasteiger partial charge in [0.2, 0.25) is 0 Å². The van der Waals surface area contributed by atoms with E-state index in [-0.39, 0.29) is 29.1 Å². The molecular formula is C18H13F3O3. The van der Waals surface area contributed by atoms with Gasteiger partial charge in [0.1, 0.15) is 5.76 Å². The molecule has 0 bridgehead atoms. The van der Waals surface area contributed by atoms with Crippen molar-refractivity contribution in [3.8, 4) is 0 Å². The Morgan fingerprint density at radius 1 is 1.08 bits per heavy atom. The van der Waals surface area contributed by atoms with E-state index in [2.05, 4.69) is 0 Å². The second-order valence-electron chi connectivity index (χ2n) is 5.43. The molecule has 1 atom stereocenters. The Balaban J connectivity index is 1.95. The summed E-state index contributed by atoms with van der Waals surface area (Å²) >= 11 is 0. The van der Waals surface area contributed by atoms with E-state index in [0.717, 1.165) is 12.1 Å². The fourth-order valence-corrected chi connectivity index (χ4v) is 2.79. The first-order chi connectivity index (χ1) is 11.4. The molecule has 0 heterocycles. The molecule has 1 unspecified atom stereocenters. The van der Waals surface area contributed by atoms with Crippen molar-refractivity contribution in [3.63, 3.8) is 0 Å². The number of fused-ring (bicyclic) bond motifs is 1. The van der Waals surface area contributed by atoms with Crippen LogP contribution in [0.15, 0.2) is 42.0 Å². The van der Waals surface area contributed by atoms with Crippen LogP contribution in [-0.2, 0) is 4.74 Å². The highest BCUT2D eigenvalue weighted by Crippen LogP contribution is 2.37. The summed E-state index contributed by atoms with van der Waals surface area (Å²) in [5, 5.41) is 10.3. The Bertz CT molecular complexity index is 835. The number of ether oxygens (including phenoxy) is 1. The molecule has 2 aromatic rings. The minimum absolute atomic E-state index is 0.0398. The zero-order valence-corrected chi connectivity index (χ0v) is 12.6. The number of carbonyl (C=O) groups excluding carboxylic acids is 1. The molecule has 6 heteroatoms. The van der Waals surface area contributed by atoms with Gasteiger partial charge >= 0.3 is 0 Å². The van der Waals surface area contributed by atoms with Crippen LogP contribution in [0.3, 0.4) is 0 Å². The van der Waals surface area contributed by atoms with Gasteiger partial charge in [0.05, 0.1) is 6.10 Å². The summed E-state index contributed by atoms with van der Waals surface area (Å²) in [6.07, 6.45) is -1.01. The summed E-state index contributed by atoms with van der Waals surface area (Å²) < 4.78 is 45.1. The summed E-state index contributed by atoms with van der Waals surface area (Å²) in [5.74, 6) is -4.80. The number of aliphatic hydroxyl groups is 1. The fourth-order valence-electron chi connectivity index (χ4n) is 2.79. The van der Waals surface area contributed by atoms with Crippen LogP contribution < -0.4 is 0 Å². The fraction of sp³-hybridized carbons (Fsp3) is 0.167. The number of carbonyl (C=O) groups is 1. The van der Waals surface area contributed by atoms with Crippen LogP contribution in [0, 0.1) is 17.5 Å². The lowest BCUT2D eigenvalue weighted by Gasteiger charge is -2.16. The smallest absolute Gasteiger partial charge is 0.194 e. The number of methoxy groups -OCH3 is 1. The van der Waals surface area contributed by atoms with Gasteiger partial charge in [0.15, 0.2) is 23.2 Å². The molecule has 1 aliphatic rings. The molecule has 0 spiro atoms. The molecule has 3 rings (SSSR count). The molecule has 1 N–H and O–H groups in total. The SMILES string of the molecule is COC(CC1=C(O)c2ccccc2C1=O)c1cc(F)c(F)c(F)c1. The summed E-state index contributed by atoms with van der Waals surface area (Å²) in [6.45, 7) is 0. The van der Waals surface area contributed by atoms with Crippen molar-refractivity contribution in [3.05, 3.63) is 76.1 Å². The van der Waals surface area contributed by atoms with Crippen molar-refractivity contribution in [2.24, 2.45) is 0 Å². The van der Waals surface area contributed by atoms with Crippen LogP contribution >= 0.6 is 0 Å². The molecule has 0 aliphatic heterocycles. The maximum Gasteiger partial charge on any atom is 0.194 e. The quantitative estimate of drug-likeness (QED) is 0.846. The monoisotopic (exact) mass is 334 g/mol. The van der Waals surface area contributed by atoms with Gasteiger partial charge in [-0.2, -0.15) is 0 Å². The van der Waals surface area contributed by atoms with Crippen molar-refractivity contribution >= 4 is 11.5 Å². The van der Waals surface area contributed by atoms with Gasteiger partial charge in [-0.05, 0) is 17.7 Å². The van der Waals surface area contributed by atoms with Crippen molar-refractivity contribution < 1.29 is 27.8 Å². The molecule has 1 aliphatic carbocycles. The zero-order chi connectivity index (χ0) is 17.4. The number of ketones is 1. The Morgan fingerprint density at radius 3 is 2.21 bits per heavy atom. The lowest BCUT2D eigenvalue weighted by molar-refractivity contribution is 0.0922. The predicted molar refractivity (Wildman–Crippen MR) is 81.0 cm³/mol. The molecule has 3 nitrogen and oxygen atoms in total. The standard InChI is InChI=1S/C18H13F3O3/c1-24-15(9-6-13(19)16(21)14(20)7-9)8-12-17(22)10-4-2-3-5-11(10)18(12)23/h2-7,15,22H,8H2,1H3. The first kappa shape index (κ1) is 16.3. The van der Waals surface area contributed by atoms with E-state index in [1.54, 1.807) is 24.3 Å². The molecule has 0 radical (unpaired) electrons. The van der Waals surface area contributed by atoms with Crippen LogP contribution in [0.1, 0.15) is 34.0 Å². The van der Waals surface area contributed by atoms with E-state index in [9.17, 15) is 23.1 Å². The number of rotatable bonds is 4. The van der Waals surface area contributed by atoms with Gasteiger partial charge in [-0.15, -0.1) is 0 Å². The van der Waals surface area contributed by atoms with Crippen LogP contribution in [0.2, 0.25) is 0 Å². The van der Waals surface area contributed by atoms with E-state index in [0.29, 0.717) is 11.1 Å². The average Bonchev–Trinajstić information content (AvgIpc) is 2.82. The maximum absolute atomic E-state index is 13.4. The number of Topliss-reactive ketones (excluding diaryl/α,β-unsaturated/α-hetero) is 1. The summed E-state index contributed by atoms with van der Waals surface area (Å²) in [5.41, 5.74) is 0.895. The Hall–Kier alpha value is -2.60. The van der Waals surface area contributed by atoms with Gasteiger partial charge in [0.25, 0.3) is 0 Å². The molecule has 0 amide bonds. The third-order valence-electron chi connectivity index (χ3n) is 4.04. The van der Waals surface area contributed by atoms with Gasteiger partial charge in [-0.25, -0.2) is 13.2 Å². The molecule has 0 aromatic heterocycles. The third-order valence-corrected chi connectivity index (χ3v) is 4.04. The zero-order valence-electron chi connectivity index (χ0n) is 12.6. The highest BCUT2D eigenvalue weighted by molar-refractivity contribution is 6.19. The first-order valence-corrected chi connectivity index (χ1v) is 7.17. The number of benzene rings is 2. The Morgan fingerprint density at radius 2 is 1.67 bits per heavy atom. The second-order valence-corrected chi connectivity index (χ2v) is 5.43. The lowest BCUT2D eigenvalue weighted by Crippen LogP contribution is -2.09.